The molecule has 2 rings (SSSR count). The van der Waals surface area contributed by atoms with Gasteiger partial charge >= 0.3 is 0 Å². The van der Waals surface area contributed by atoms with Crippen LogP contribution in [0.25, 0.3) is 0 Å². The van der Waals surface area contributed by atoms with Crippen LogP contribution < -0.4 is 19.7 Å². The van der Waals surface area contributed by atoms with Crippen LogP contribution in [-0.4, -0.2) is 45.3 Å². The van der Waals surface area contributed by atoms with E-state index in [4.69, 9.17) is 9.47 Å². The van der Waals surface area contributed by atoms with Crippen LogP contribution in [0.15, 0.2) is 12.1 Å². The molecule has 110 valence electrons. The predicted molar refractivity (Wildman–Crippen MR) is 75.9 cm³/mol. The van der Waals surface area contributed by atoms with E-state index in [-0.39, 0.29) is 10.6 Å². The number of nitro benzene ring substituents is 1. The van der Waals surface area contributed by atoms with E-state index in [0.717, 1.165) is 32.6 Å². The summed E-state index contributed by atoms with van der Waals surface area (Å²) >= 11 is 0. The van der Waals surface area contributed by atoms with Crippen molar-refractivity contribution in [1.29, 1.82) is 0 Å². The largest absolute Gasteiger partial charge is 0.493 e. The van der Waals surface area contributed by atoms with Gasteiger partial charge in [-0.3, -0.25) is 10.1 Å². The Morgan fingerprint density at radius 3 is 2.55 bits per heavy atom. The van der Waals surface area contributed by atoms with Crippen LogP contribution in [0.3, 0.4) is 0 Å². The summed E-state index contributed by atoms with van der Waals surface area (Å²) in [5.74, 6) is 0.876. The van der Waals surface area contributed by atoms with Gasteiger partial charge in [-0.05, 0) is 13.0 Å². The monoisotopic (exact) mass is 281 g/mol. The lowest BCUT2D eigenvalue weighted by Gasteiger charge is -2.23. The van der Waals surface area contributed by atoms with E-state index < -0.39 is 0 Å². The van der Waals surface area contributed by atoms with Gasteiger partial charge < -0.3 is 19.7 Å². The van der Waals surface area contributed by atoms with Crippen LogP contribution in [0, 0.1) is 10.1 Å². The first-order valence-corrected chi connectivity index (χ1v) is 6.53. The van der Waals surface area contributed by atoms with Crippen LogP contribution in [0.1, 0.15) is 6.42 Å². The second-order valence-corrected chi connectivity index (χ2v) is 4.54. The minimum Gasteiger partial charge on any atom is -0.493 e. The molecule has 1 aliphatic rings. The zero-order chi connectivity index (χ0) is 14.5. The van der Waals surface area contributed by atoms with Gasteiger partial charge in [0.25, 0.3) is 5.69 Å². The molecule has 1 saturated heterocycles. The highest BCUT2D eigenvalue weighted by Crippen LogP contribution is 2.39. The number of rotatable bonds is 4. The Morgan fingerprint density at radius 2 is 1.90 bits per heavy atom. The minimum atomic E-state index is -0.379. The van der Waals surface area contributed by atoms with Crippen molar-refractivity contribution in [3.8, 4) is 11.5 Å². The smallest absolute Gasteiger partial charge is 0.296 e. The number of nitrogens with one attached hydrogen (secondary N) is 1. The number of nitro groups is 1. The van der Waals surface area contributed by atoms with Gasteiger partial charge in [0, 0.05) is 25.7 Å². The standard InChI is InChI=1S/C13H19N3O4/c1-19-12-8-10(15-6-3-4-14-5-7-15)11(16(17)18)9-13(12)20-2/h8-9,14H,3-7H2,1-2H3. The molecule has 1 aromatic rings. The molecule has 0 aliphatic carbocycles. The Labute approximate surface area is 117 Å². The van der Waals surface area contributed by atoms with Crippen LogP contribution in [0.5, 0.6) is 11.5 Å². The number of benzene rings is 1. The lowest BCUT2D eigenvalue weighted by atomic mass is 10.2. The first-order chi connectivity index (χ1) is 9.67. The fraction of sp³-hybridized carbons (Fsp3) is 0.538. The van der Waals surface area contributed by atoms with Gasteiger partial charge in [-0.25, -0.2) is 0 Å². The number of ether oxygens (including phenoxy) is 2. The Balaban J connectivity index is 2.45. The molecule has 20 heavy (non-hydrogen) atoms. The molecule has 0 bridgehead atoms. The third kappa shape index (κ3) is 2.93. The van der Waals surface area contributed by atoms with E-state index in [9.17, 15) is 10.1 Å². The quantitative estimate of drug-likeness (QED) is 0.664. The molecule has 1 fully saturated rings. The van der Waals surface area contributed by atoms with Gasteiger partial charge in [0.2, 0.25) is 0 Å². The van der Waals surface area contributed by atoms with Crippen molar-refractivity contribution in [3.05, 3.63) is 22.2 Å². The van der Waals surface area contributed by atoms with Crippen LogP contribution >= 0.6 is 0 Å². The molecule has 0 amide bonds. The fourth-order valence-corrected chi connectivity index (χ4v) is 2.34. The average molecular weight is 281 g/mol. The second kappa shape index (κ2) is 6.42. The summed E-state index contributed by atoms with van der Waals surface area (Å²) in [5, 5.41) is 14.6. The molecule has 7 heteroatoms. The summed E-state index contributed by atoms with van der Waals surface area (Å²) in [4.78, 5) is 12.9. The summed E-state index contributed by atoms with van der Waals surface area (Å²) in [6, 6.07) is 3.11. The first-order valence-electron chi connectivity index (χ1n) is 6.53. The zero-order valence-electron chi connectivity index (χ0n) is 11.7. The molecular weight excluding hydrogens is 262 g/mol. The maximum absolute atomic E-state index is 11.3. The van der Waals surface area contributed by atoms with E-state index in [1.54, 1.807) is 6.07 Å². The van der Waals surface area contributed by atoms with E-state index >= 15 is 0 Å². The van der Waals surface area contributed by atoms with Gasteiger partial charge in [-0.1, -0.05) is 0 Å². The lowest BCUT2D eigenvalue weighted by molar-refractivity contribution is -0.384. The topological polar surface area (TPSA) is 76.9 Å². The summed E-state index contributed by atoms with van der Waals surface area (Å²) in [5.41, 5.74) is 0.626. The van der Waals surface area contributed by atoms with E-state index in [1.165, 1.54) is 20.3 Å². The number of hydrogen-bond acceptors (Lipinski definition) is 6. The molecule has 0 spiro atoms. The third-order valence-corrected chi connectivity index (χ3v) is 3.36. The van der Waals surface area contributed by atoms with Crippen molar-refractivity contribution in [2.75, 3.05) is 45.3 Å². The maximum Gasteiger partial charge on any atom is 0.296 e. The van der Waals surface area contributed by atoms with Crippen molar-refractivity contribution in [2.45, 2.75) is 6.42 Å². The predicted octanol–water partition coefficient (Wildman–Crippen LogP) is 1.41. The Bertz CT molecular complexity index is 485. The highest BCUT2D eigenvalue weighted by Gasteiger charge is 2.24. The number of anilines is 1. The summed E-state index contributed by atoms with van der Waals surface area (Å²) in [6.07, 6.45) is 0.950. The van der Waals surface area contributed by atoms with Gasteiger partial charge in [0.05, 0.1) is 25.2 Å². The molecule has 1 N–H and O–H groups in total. The molecule has 0 atom stereocenters. The molecule has 0 aromatic heterocycles. The lowest BCUT2D eigenvalue weighted by Crippen LogP contribution is -2.28. The fourth-order valence-electron chi connectivity index (χ4n) is 2.34. The molecule has 1 aliphatic heterocycles. The average Bonchev–Trinajstić information content (AvgIpc) is 2.74. The van der Waals surface area contributed by atoms with Crippen molar-refractivity contribution < 1.29 is 14.4 Å². The van der Waals surface area contributed by atoms with E-state index in [2.05, 4.69) is 5.32 Å². The molecule has 1 aromatic carbocycles. The third-order valence-electron chi connectivity index (χ3n) is 3.36. The van der Waals surface area contributed by atoms with Crippen LogP contribution in [0.4, 0.5) is 11.4 Å². The first kappa shape index (κ1) is 14.4. The van der Waals surface area contributed by atoms with Crippen molar-refractivity contribution in [3.63, 3.8) is 0 Å². The molecular formula is C13H19N3O4. The second-order valence-electron chi connectivity index (χ2n) is 4.54. The van der Waals surface area contributed by atoms with Gasteiger partial charge in [-0.2, -0.15) is 0 Å². The molecule has 1 heterocycles. The van der Waals surface area contributed by atoms with E-state index in [0.29, 0.717) is 17.2 Å². The summed E-state index contributed by atoms with van der Waals surface area (Å²) < 4.78 is 10.4. The van der Waals surface area contributed by atoms with Crippen molar-refractivity contribution in [1.82, 2.24) is 5.32 Å². The Morgan fingerprint density at radius 1 is 1.20 bits per heavy atom. The van der Waals surface area contributed by atoms with Gasteiger partial charge in [-0.15, -0.1) is 0 Å². The van der Waals surface area contributed by atoms with Crippen molar-refractivity contribution >= 4 is 11.4 Å². The van der Waals surface area contributed by atoms with Crippen molar-refractivity contribution in [2.24, 2.45) is 0 Å². The van der Waals surface area contributed by atoms with Crippen LogP contribution in [-0.2, 0) is 0 Å². The molecule has 0 saturated carbocycles. The Hall–Kier alpha value is -2.02. The highest BCUT2D eigenvalue weighted by molar-refractivity contribution is 5.69. The zero-order valence-corrected chi connectivity index (χ0v) is 11.7. The number of methoxy groups -OCH3 is 2. The highest BCUT2D eigenvalue weighted by atomic mass is 16.6. The number of nitrogens with zero attached hydrogens (tertiary/aromatic N) is 2. The van der Waals surface area contributed by atoms with Gasteiger partial charge in [0.1, 0.15) is 5.69 Å². The summed E-state index contributed by atoms with van der Waals surface area (Å²) in [7, 11) is 2.99. The normalized spacial score (nSPS) is 15.6. The molecule has 7 nitrogen and oxygen atoms in total. The molecule has 0 radical (unpaired) electrons. The van der Waals surface area contributed by atoms with E-state index in [1.807, 2.05) is 4.90 Å². The maximum atomic E-state index is 11.3. The number of hydrogen-bond donors (Lipinski definition) is 1. The van der Waals surface area contributed by atoms with Gasteiger partial charge in [0.15, 0.2) is 11.5 Å². The summed E-state index contributed by atoms with van der Waals surface area (Å²) in [6.45, 7) is 3.25. The molecule has 0 unspecified atom stereocenters. The minimum absolute atomic E-state index is 0.0459. The Kier molecular flexibility index (Phi) is 4.62. The SMILES string of the molecule is COc1cc(N2CCCNCC2)c([N+](=O)[O-])cc1OC. The van der Waals surface area contributed by atoms with Crippen LogP contribution in [0.2, 0.25) is 0 Å².